The molecular weight excluding hydrogens is 356 g/mol. The maximum absolute atomic E-state index is 12.6. The lowest BCUT2D eigenvalue weighted by Gasteiger charge is -1.99. The molecule has 5 aromatic rings. The molecule has 0 atom stereocenters. The molecule has 10 heteroatoms. The number of H-pyrrole nitrogens is 1. The minimum absolute atomic E-state index is 0.00552. The summed E-state index contributed by atoms with van der Waals surface area (Å²) in [6, 6.07) is 1.39. The number of aromatic carboxylic acids is 1. The summed E-state index contributed by atoms with van der Waals surface area (Å²) in [7, 11) is 1.89. The summed E-state index contributed by atoms with van der Waals surface area (Å²) in [5.41, 5.74) is 1.72. The van der Waals surface area contributed by atoms with Crippen molar-refractivity contribution in [1.29, 1.82) is 0 Å². The smallest absolute Gasteiger partial charge is 0.337 e. The first-order chi connectivity index (χ1) is 12.5. The summed E-state index contributed by atoms with van der Waals surface area (Å²) in [5, 5.41) is 14.0. The molecule has 0 amide bonds. The Morgan fingerprint density at radius 1 is 1.27 bits per heavy atom. The lowest BCUT2D eigenvalue weighted by molar-refractivity contribution is 0.0696. The predicted molar refractivity (Wildman–Crippen MR) is 95.7 cm³/mol. The third kappa shape index (κ3) is 1.99. The van der Waals surface area contributed by atoms with E-state index in [-0.39, 0.29) is 11.1 Å². The fraction of sp³-hybridized carbons (Fsp3) is 0.0625. The Hall–Kier alpha value is -3.53. The summed E-state index contributed by atoms with van der Waals surface area (Å²) in [6.07, 6.45) is 6.68. The van der Waals surface area contributed by atoms with Gasteiger partial charge in [0.2, 0.25) is 0 Å². The molecule has 5 heterocycles. The lowest BCUT2D eigenvalue weighted by Crippen LogP contribution is -2.07. The molecule has 0 aliphatic carbocycles. The second-order valence-electron chi connectivity index (χ2n) is 5.87. The number of aromatic nitrogens is 6. The molecule has 0 radical (unpaired) electrons. The number of carboxylic acid groups (broad SMARTS) is 1. The molecule has 0 aromatic carbocycles. The van der Waals surface area contributed by atoms with E-state index in [1.807, 2.05) is 24.0 Å². The average molecular weight is 366 g/mol. The van der Waals surface area contributed by atoms with Crippen molar-refractivity contribution in [2.45, 2.75) is 0 Å². The van der Waals surface area contributed by atoms with Crippen LogP contribution in [0.25, 0.3) is 37.3 Å². The number of nitrogens with zero attached hydrogens (tertiary/aromatic N) is 5. The van der Waals surface area contributed by atoms with Gasteiger partial charge in [-0.2, -0.15) is 5.10 Å². The summed E-state index contributed by atoms with van der Waals surface area (Å²) >= 11 is 1.41. The molecule has 0 spiro atoms. The van der Waals surface area contributed by atoms with Gasteiger partial charge < -0.3 is 14.7 Å². The maximum Gasteiger partial charge on any atom is 0.337 e. The average Bonchev–Trinajstić information content (AvgIpc) is 3.27. The number of nitrogens with one attached hydrogen (secondary N) is 1. The zero-order valence-electron chi connectivity index (χ0n) is 13.3. The van der Waals surface area contributed by atoms with Crippen LogP contribution in [0.15, 0.2) is 35.8 Å². The third-order valence-electron chi connectivity index (χ3n) is 4.10. The number of imidazole rings is 1. The quantitative estimate of drug-likeness (QED) is 0.492. The van der Waals surface area contributed by atoms with Gasteiger partial charge in [-0.25, -0.2) is 14.3 Å². The molecule has 0 aliphatic heterocycles. The van der Waals surface area contributed by atoms with E-state index >= 15 is 0 Å². The number of aryl methyl sites for hydroxylation is 1. The first-order valence-electron chi connectivity index (χ1n) is 7.57. The van der Waals surface area contributed by atoms with Gasteiger partial charge >= 0.3 is 5.97 Å². The van der Waals surface area contributed by atoms with Crippen LogP contribution in [-0.4, -0.2) is 40.2 Å². The molecule has 0 saturated heterocycles. The van der Waals surface area contributed by atoms with Gasteiger partial charge in [0.1, 0.15) is 21.3 Å². The Balaban J connectivity index is 1.81. The fourth-order valence-corrected chi connectivity index (χ4v) is 3.97. The molecule has 5 aromatic heterocycles. The summed E-state index contributed by atoms with van der Waals surface area (Å²) < 4.78 is 3.49. The van der Waals surface area contributed by atoms with Crippen molar-refractivity contribution in [3.63, 3.8) is 0 Å². The van der Waals surface area contributed by atoms with E-state index in [0.717, 1.165) is 10.6 Å². The van der Waals surface area contributed by atoms with Crippen LogP contribution in [0.1, 0.15) is 10.4 Å². The van der Waals surface area contributed by atoms with Crippen LogP contribution < -0.4 is 5.56 Å². The Labute approximate surface area is 148 Å². The van der Waals surface area contributed by atoms with Crippen molar-refractivity contribution in [2.75, 3.05) is 0 Å². The van der Waals surface area contributed by atoms with Gasteiger partial charge in [0.15, 0.2) is 0 Å². The number of carboxylic acids is 1. The van der Waals surface area contributed by atoms with Gasteiger partial charge in [0.05, 0.1) is 28.0 Å². The van der Waals surface area contributed by atoms with Crippen molar-refractivity contribution in [1.82, 2.24) is 29.1 Å². The largest absolute Gasteiger partial charge is 0.478 e. The Kier molecular flexibility index (Phi) is 2.84. The minimum atomic E-state index is -1.11. The van der Waals surface area contributed by atoms with Gasteiger partial charge in [-0.1, -0.05) is 0 Å². The number of carbonyl (C=O) groups is 1. The third-order valence-corrected chi connectivity index (χ3v) is 5.22. The van der Waals surface area contributed by atoms with Crippen molar-refractivity contribution in [2.24, 2.45) is 7.05 Å². The van der Waals surface area contributed by atoms with Crippen LogP contribution in [0, 0.1) is 0 Å². The molecule has 0 fully saturated rings. The molecule has 0 bridgehead atoms. The van der Waals surface area contributed by atoms with E-state index < -0.39 is 5.97 Å². The van der Waals surface area contributed by atoms with E-state index in [1.54, 1.807) is 10.8 Å². The summed E-state index contributed by atoms with van der Waals surface area (Å²) in [5.74, 6) is -1.11. The van der Waals surface area contributed by atoms with Crippen LogP contribution in [0.4, 0.5) is 0 Å². The lowest BCUT2D eigenvalue weighted by atomic mass is 10.2. The minimum Gasteiger partial charge on any atom is -0.478 e. The first-order valence-corrected chi connectivity index (χ1v) is 8.38. The van der Waals surface area contributed by atoms with Crippen LogP contribution in [0.2, 0.25) is 0 Å². The number of aromatic amines is 1. The first kappa shape index (κ1) is 14.8. The van der Waals surface area contributed by atoms with Crippen LogP contribution in [-0.2, 0) is 7.05 Å². The molecule has 128 valence electrons. The molecule has 0 unspecified atom stereocenters. The fourth-order valence-electron chi connectivity index (χ4n) is 2.93. The van der Waals surface area contributed by atoms with Gasteiger partial charge in [0.25, 0.3) is 5.56 Å². The molecular formula is C16H10N6O3S. The number of hydrogen-bond acceptors (Lipinski definition) is 6. The van der Waals surface area contributed by atoms with E-state index in [0.29, 0.717) is 26.8 Å². The standard InChI is InChI=1S/C16H10N6O3S/c1-21-4-9(18-6-21)10-5-22-15(26-10)11-13(20-22)12-8(19-14(11)23)2-7(3-17-12)16(24)25/h2-6H,1H3,(H,19,23)(H,24,25). The number of hydrogen-bond donors (Lipinski definition) is 2. The zero-order chi connectivity index (χ0) is 18.0. The van der Waals surface area contributed by atoms with Gasteiger partial charge in [-0.05, 0) is 6.07 Å². The van der Waals surface area contributed by atoms with Crippen LogP contribution in [0.3, 0.4) is 0 Å². The molecule has 5 rings (SSSR count). The van der Waals surface area contributed by atoms with Gasteiger partial charge in [-0.3, -0.25) is 9.78 Å². The normalized spacial score (nSPS) is 11.7. The second-order valence-corrected chi connectivity index (χ2v) is 6.90. The Morgan fingerprint density at radius 2 is 2.12 bits per heavy atom. The van der Waals surface area contributed by atoms with E-state index in [9.17, 15) is 9.59 Å². The van der Waals surface area contributed by atoms with Crippen molar-refractivity contribution >= 4 is 44.1 Å². The van der Waals surface area contributed by atoms with Gasteiger partial charge in [0, 0.05) is 25.6 Å². The van der Waals surface area contributed by atoms with E-state index in [1.165, 1.54) is 23.6 Å². The van der Waals surface area contributed by atoms with Gasteiger partial charge in [-0.15, -0.1) is 11.3 Å². The zero-order valence-corrected chi connectivity index (χ0v) is 14.1. The predicted octanol–water partition coefficient (Wildman–Crippen LogP) is 1.88. The van der Waals surface area contributed by atoms with Crippen LogP contribution >= 0.6 is 11.3 Å². The number of rotatable bonds is 2. The molecule has 0 saturated carbocycles. The van der Waals surface area contributed by atoms with Crippen molar-refractivity contribution in [3.05, 3.63) is 46.9 Å². The summed E-state index contributed by atoms with van der Waals surface area (Å²) in [4.78, 5) is 36.5. The van der Waals surface area contributed by atoms with E-state index in [4.69, 9.17) is 5.11 Å². The molecule has 2 N–H and O–H groups in total. The SMILES string of the molecule is Cn1cnc(-c2cn3nc4c5ncc(C(=O)O)cc5[nH]c(=O)c4c3s2)c1. The van der Waals surface area contributed by atoms with Crippen LogP contribution in [0.5, 0.6) is 0 Å². The number of pyridine rings is 2. The number of fused-ring (bicyclic) bond motifs is 5. The van der Waals surface area contributed by atoms with Crippen molar-refractivity contribution in [3.8, 4) is 10.6 Å². The monoisotopic (exact) mass is 366 g/mol. The molecule has 9 nitrogen and oxygen atoms in total. The van der Waals surface area contributed by atoms with E-state index in [2.05, 4.69) is 20.1 Å². The summed E-state index contributed by atoms with van der Waals surface area (Å²) in [6.45, 7) is 0. The topological polar surface area (TPSA) is 118 Å². The Morgan fingerprint density at radius 3 is 2.85 bits per heavy atom. The highest BCUT2D eigenvalue weighted by Crippen LogP contribution is 2.32. The highest BCUT2D eigenvalue weighted by Gasteiger charge is 2.18. The second kappa shape index (κ2) is 4.99. The molecule has 0 aliphatic rings. The number of thiazole rings is 1. The Bertz CT molecular complexity index is 1410. The maximum atomic E-state index is 12.6. The highest BCUT2D eigenvalue weighted by molar-refractivity contribution is 7.21. The highest BCUT2D eigenvalue weighted by atomic mass is 32.1. The van der Waals surface area contributed by atoms with Crippen molar-refractivity contribution < 1.29 is 9.90 Å². The molecule has 26 heavy (non-hydrogen) atoms.